The van der Waals surface area contributed by atoms with Crippen LogP contribution in [0.25, 0.3) is 11.1 Å². The molecule has 4 aliphatic rings. The molecule has 0 radical (unpaired) electrons. The van der Waals surface area contributed by atoms with Gasteiger partial charge in [0.15, 0.2) is 0 Å². The Labute approximate surface area is 333 Å². The molecule has 0 heterocycles. The second kappa shape index (κ2) is 12.8. The second-order valence-corrected chi connectivity index (χ2v) is 17.9. The molecule has 7 aromatic rings. The monoisotopic (exact) mass is 722 g/mol. The fourth-order valence-electron chi connectivity index (χ4n) is 12.6. The van der Waals surface area contributed by atoms with Crippen LogP contribution in [0.15, 0.2) is 164 Å². The number of rotatable bonds is 6. The molecular formula is C56H50. The highest BCUT2D eigenvalue weighted by Gasteiger charge is 2.60. The molecular weight excluding hydrogens is 673 g/mol. The number of hydrogen-bond acceptors (Lipinski definition) is 0. The van der Waals surface area contributed by atoms with E-state index in [-0.39, 0.29) is 22.7 Å². The highest BCUT2D eigenvalue weighted by Crippen LogP contribution is 2.66. The van der Waals surface area contributed by atoms with E-state index in [2.05, 4.69) is 185 Å². The molecule has 0 bridgehead atoms. The van der Waals surface area contributed by atoms with Crippen molar-refractivity contribution in [3.63, 3.8) is 0 Å². The molecule has 0 N–H and O–H groups in total. The summed E-state index contributed by atoms with van der Waals surface area (Å²) in [5.41, 5.74) is 22.1. The Morgan fingerprint density at radius 3 is 1.66 bits per heavy atom. The lowest BCUT2D eigenvalue weighted by atomic mass is 9.56. The summed E-state index contributed by atoms with van der Waals surface area (Å²) >= 11 is 0. The molecule has 1 fully saturated rings. The molecule has 0 aromatic heterocycles. The molecule has 0 aliphatic heterocycles. The fourth-order valence-corrected chi connectivity index (χ4v) is 12.6. The number of aryl methyl sites for hydroxylation is 1. The third kappa shape index (κ3) is 4.78. The van der Waals surface area contributed by atoms with Crippen LogP contribution >= 0.6 is 0 Å². The van der Waals surface area contributed by atoms with Crippen LogP contribution in [0.2, 0.25) is 0 Å². The lowest BCUT2D eigenvalue weighted by Gasteiger charge is -2.46. The Bertz CT molecular complexity index is 2620. The van der Waals surface area contributed by atoms with Crippen LogP contribution in [-0.2, 0) is 23.7 Å². The molecule has 1 spiro atoms. The smallest absolute Gasteiger partial charge is 0.0345 e. The zero-order valence-electron chi connectivity index (χ0n) is 32.9. The van der Waals surface area contributed by atoms with E-state index in [0.29, 0.717) is 11.8 Å². The number of fused-ring (bicyclic) bond motifs is 5. The number of hydrogen-bond donors (Lipinski definition) is 0. The van der Waals surface area contributed by atoms with Crippen LogP contribution in [0.3, 0.4) is 0 Å². The SMILES string of the molecule is Cc1ccccc1C(c1ccccc1)c1cccc2c1C13c4c(cccc4C(c4ccccc4)c4ccc5c(c4)C(C)(C)c4ccccc4-5)CC1CCCC3C2. The first-order valence-electron chi connectivity index (χ1n) is 21.1. The summed E-state index contributed by atoms with van der Waals surface area (Å²) < 4.78 is 0. The summed E-state index contributed by atoms with van der Waals surface area (Å²) in [6, 6.07) is 63.3. The van der Waals surface area contributed by atoms with Gasteiger partial charge in [-0.3, -0.25) is 0 Å². The largest absolute Gasteiger partial charge is 0.0622 e. The van der Waals surface area contributed by atoms with Crippen molar-refractivity contribution in [3.8, 4) is 11.1 Å². The summed E-state index contributed by atoms with van der Waals surface area (Å²) in [7, 11) is 0. The van der Waals surface area contributed by atoms with E-state index in [1.807, 2.05) is 0 Å². The van der Waals surface area contributed by atoms with Crippen LogP contribution < -0.4 is 0 Å². The molecule has 0 nitrogen and oxygen atoms in total. The van der Waals surface area contributed by atoms with Crippen molar-refractivity contribution < 1.29 is 0 Å². The topological polar surface area (TPSA) is 0 Å². The van der Waals surface area contributed by atoms with Gasteiger partial charge in [-0.25, -0.2) is 0 Å². The van der Waals surface area contributed by atoms with E-state index in [0.717, 1.165) is 0 Å². The lowest BCUT2D eigenvalue weighted by molar-refractivity contribution is 0.174. The molecule has 56 heavy (non-hydrogen) atoms. The van der Waals surface area contributed by atoms with E-state index < -0.39 is 0 Å². The van der Waals surface area contributed by atoms with Crippen molar-refractivity contribution in [1.82, 2.24) is 0 Å². The second-order valence-electron chi connectivity index (χ2n) is 17.9. The molecule has 0 heteroatoms. The third-order valence-corrected chi connectivity index (χ3v) is 14.8. The van der Waals surface area contributed by atoms with Crippen molar-refractivity contribution >= 4 is 0 Å². The van der Waals surface area contributed by atoms with E-state index in [4.69, 9.17) is 0 Å². The maximum Gasteiger partial charge on any atom is 0.0345 e. The summed E-state index contributed by atoms with van der Waals surface area (Å²) in [6.45, 7) is 7.15. The van der Waals surface area contributed by atoms with Crippen LogP contribution in [0.4, 0.5) is 0 Å². The minimum Gasteiger partial charge on any atom is -0.0622 e. The molecule has 0 amide bonds. The first kappa shape index (κ1) is 33.8. The molecule has 7 aromatic carbocycles. The predicted octanol–water partition coefficient (Wildman–Crippen LogP) is 13.5. The van der Waals surface area contributed by atoms with Gasteiger partial charge in [-0.05, 0) is 128 Å². The fraction of sp³-hybridized carbons (Fsp3) is 0.250. The van der Waals surface area contributed by atoms with E-state index in [9.17, 15) is 0 Å². The summed E-state index contributed by atoms with van der Waals surface area (Å²) in [4.78, 5) is 0. The first-order chi connectivity index (χ1) is 27.5. The standard InChI is InChI=1S/C56H50/c1-36-17-10-11-26-44(36)52(38-20-8-5-9-21-38)48-29-15-23-41-34-43-25-16-24-42-33-40-22-14-28-47(53(40)56(42,43)54(41)48)51(37-18-6-4-7-19-37)39-31-32-46-45-27-12-13-30-49(45)55(2,3)50(46)35-39/h4-15,17-23,26-32,35,42-43,51-52H,16,24-25,33-34H2,1-3H3. The van der Waals surface area contributed by atoms with Gasteiger partial charge in [0.25, 0.3) is 0 Å². The Balaban J connectivity index is 1.17. The molecule has 11 rings (SSSR count). The molecule has 4 aliphatic carbocycles. The third-order valence-electron chi connectivity index (χ3n) is 14.8. The van der Waals surface area contributed by atoms with Gasteiger partial charge in [0, 0.05) is 22.7 Å². The Hall–Kier alpha value is -5.46. The maximum absolute atomic E-state index is 2.59. The number of benzene rings is 7. The van der Waals surface area contributed by atoms with Crippen LogP contribution in [0.1, 0.15) is 117 Å². The Morgan fingerprint density at radius 2 is 1.00 bits per heavy atom. The minimum absolute atomic E-state index is 0.0227. The molecule has 0 saturated heterocycles. The van der Waals surface area contributed by atoms with Crippen molar-refractivity contribution in [3.05, 3.63) is 236 Å². The van der Waals surface area contributed by atoms with Gasteiger partial charge in [-0.15, -0.1) is 0 Å². The van der Waals surface area contributed by atoms with Crippen molar-refractivity contribution in [2.75, 3.05) is 0 Å². The molecule has 5 atom stereocenters. The van der Waals surface area contributed by atoms with Crippen molar-refractivity contribution in [2.45, 2.75) is 75.5 Å². The summed E-state index contributed by atoms with van der Waals surface area (Å²) in [5.74, 6) is 1.49. The van der Waals surface area contributed by atoms with Crippen LogP contribution in [-0.4, -0.2) is 0 Å². The van der Waals surface area contributed by atoms with Crippen molar-refractivity contribution in [1.29, 1.82) is 0 Å². The van der Waals surface area contributed by atoms with Gasteiger partial charge in [0.2, 0.25) is 0 Å². The highest BCUT2D eigenvalue weighted by molar-refractivity contribution is 5.81. The zero-order valence-corrected chi connectivity index (χ0v) is 32.9. The summed E-state index contributed by atoms with van der Waals surface area (Å²) in [5, 5.41) is 0. The molecule has 5 unspecified atom stereocenters. The van der Waals surface area contributed by atoms with E-state index in [1.165, 1.54) is 93.3 Å². The van der Waals surface area contributed by atoms with Gasteiger partial charge < -0.3 is 0 Å². The molecule has 1 saturated carbocycles. The Kier molecular flexibility index (Phi) is 7.73. The average Bonchev–Trinajstić information content (AvgIpc) is 3.84. The quantitative estimate of drug-likeness (QED) is 0.150. The van der Waals surface area contributed by atoms with Gasteiger partial charge in [-0.2, -0.15) is 0 Å². The average molecular weight is 723 g/mol. The van der Waals surface area contributed by atoms with E-state index >= 15 is 0 Å². The van der Waals surface area contributed by atoms with Crippen molar-refractivity contribution in [2.24, 2.45) is 11.8 Å². The van der Waals surface area contributed by atoms with Gasteiger partial charge >= 0.3 is 0 Å². The Morgan fingerprint density at radius 1 is 0.464 bits per heavy atom. The zero-order chi connectivity index (χ0) is 37.6. The van der Waals surface area contributed by atoms with Gasteiger partial charge in [-0.1, -0.05) is 184 Å². The van der Waals surface area contributed by atoms with Gasteiger partial charge in [0.05, 0.1) is 0 Å². The lowest BCUT2D eigenvalue weighted by Crippen LogP contribution is -2.42. The summed E-state index contributed by atoms with van der Waals surface area (Å²) in [6.07, 6.45) is 6.25. The maximum atomic E-state index is 2.59. The van der Waals surface area contributed by atoms with Gasteiger partial charge in [0.1, 0.15) is 0 Å². The highest BCUT2D eigenvalue weighted by atomic mass is 14.6. The predicted molar refractivity (Wildman–Crippen MR) is 232 cm³/mol. The first-order valence-corrected chi connectivity index (χ1v) is 21.1. The van der Waals surface area contributed by atoms with E-state index in [1.54, 1.807) is 22.3 Å². The van der Waals surface area contributed by atoms with Crippen LogP contribution in [0, 0.1) is 18.8 Å². The molecule has 274 valence electrons. The normalized spacial score (nSPS) is 21.9. The minimum atomic E-state index is -0.0542. The van der Waals surface area contributed by atoms with Crippen LogP contribution in [0.5, 0.6) is 0 Å².